The summed E-state index contributed by atoms with van der Waals surface area (Å²) in [6, 6.07) is 0. The number of likely N-dealkylation sites (tertiary alicyclic amines) is 1. The largest absolute Gasteiger partial charge is 0.406 e. The Morgan fingerprint density at radius 3 is 2.70 bits per heavy atom. The van der Waals surface area contributed by atoms with Gasteiger partial charge in [0.15, 0.2) is 17.0 Å². The summed E-state index contributed by atoms with van der Waals surface area (Å²) in [5.41, 5.74) is 0.655. The highest BCUT2D eigenvalue weighted by Gasteiger charge is 2.31. The van der Waals surface area contributed by atoms with Crippen LogP contribution in [0.25, 0.3) is 11.2 Å². The summed E-state index contributed by atoms with van der Waals surface area (Å²) in [5, 5.41) is 1.07. The molecule has 0 N–H and O–H groups in total. The molecule has 12 heteroatoms. The van der Waals surface area contributed by atoms with E-state index in [-0.39, 0.29) is 11.6 Å². The van der Waals surface area contributed by atoms with Gasteiger partial charge in [0.25, 0.3) is 0 Å². The predicted octanol–water partition coefficient (Wildman–Crippen LogP) is 3.37. The van der Waals surface area contributed by atoms with Crippen LogP contribution in [0.4, 0.5) is 19.0 Å². The van der Waals surface area contributed by atoms with E-state index in [0.29, 0.717) is 43.5 Å². The first-order valence-electron chi connectivity index (χ1n) is 11.1. The van der Waals surface area contributed by atoms with E-state index in [1.807, 2.05) is 18.0 Å². The Balaban J connectivity index is 1.47. The van der Waals surface area contributed by atoms with Gasteiger partial charge < -0.3 is 14.2 Å². The van der Waals surface area contributed by atoms with Crippen molar-refractivity contribution in [2.75, 3.05) is 44.3 Å². The molecule has 1 unspecified atom stereocenters. The molecule has 2 fully saturated rings. The molecule has 5 heterocycles. The van der Waals surface area contributed by atoms with Gasteiger partial charge in [-0.05, 0) is 26.3 Å². The number of aromatic nitrogens is 5. The summed E-state index contributed by atoms with van der Waals surface area (Å²) < 4.78 is 46.1. The zero-order chi connectivity index (χ0) is 23.0. The molecule has 5 rings (SSSR count). The van der Waals surface area contributed by atoms with Crippen LogP contribution in [0.3, 0.4) is 0 Å². The average molecular weight is 482 g/mol. The molecule has 3 aromatic rings. The zero-order valence-corrected chi connectivity index (χ0v) is 19.2. The number of morpholine rings is 1. The van der Waals surface area contributed by atoms with Crippen molar-refractivity contribution in [3.63, 3.8) is 0 Å². The van der Waals surface area contributed by atoms with Gasteiger partial charge in [0, 0.05) is 36.6 Å². The average Bonchev–Trinajstić information content (AvgIpc) is 3.38. The maximum Gasteiger partial charge on any atom is 0.406 e. The number of nitrogens with zero attached hydrogens (tertiary/aromatic N) is 7. The second-order valence-corrected chi connectivity index (χ2v) is 9.92. The lowest BCUT2D eigenvalue weighted by Gasteiger charge is -2.32. The van der Waals surface area contributed by atoms with Gasteiger partial charge in [-0.3, -0.25) is 4.90 Å². The number of hydrogen-bond donors (Lipinski definition) is 0. The van der Waals surface area contributed by atoms with Crippen molar-refractivity contribution in [1.29, 1.82) is 0 Å². The lowest BCUT2D eigenvalue weighted by Crippen LogP contribution is -2.38. The number of alkyl halides is 3. The number of aryl methyl sites for hydroxylation is 1. The minimum Gasteiger partial charge on any atom is -0.378 e. The van der Waals surface area contributed by atoms with E-state index in [4.69, 9.17) is 9.72 Å². The van der Waals surface area contributed by atoms with Gasteiger partial charge >= 0.3 is 6.18 Å². The van der Waals surface area contributed by atoms with E-state index in [1.165, 1.54) is 11.2 Å². The maximum atomic E-state index is 13.2. The summed E-state index contributed by atoms with van der Waals surface area (Å²) in [6.45, 7) is 5.74. The number of piperidine rings is 1. The third-order valence-corrected chi connectivity index (χ3v) is 6.92. The monoisotopic (exact) mass is 481 g/mol. The van der Waals surface area contributed by atoms with E-state index >= 15 is 0 Å². The van der Waals surface area contributed by atoms with Gasteiger partial charge in [-0.15, -0.1) is 11.3 Å². The van der Waals surface area contributed by atoms with Crippen LogP contribution in [0.1, 0.15) is 34.5 Å². The SMILES string of the molecule is Cc1cnc(CN2CCCC(c3nc(N4CCOCC4)c4ncn(CC(F)(F)F)c4n3)C2)s1. The summed E-state index contributed by atoms with van der Waals surface area (Å²) >= 11 is 1.69. The minimum atomic E-state index is -4.36. The molecule has 2 aliphatic rings. The molecular weight excluding hydrogens is 455 g/mol. The number of thiazole rings is 1. The topological polar surface area (TPSA) is 72.2 Å². The Morgan fingerprint density at radius 2 is 1.97 bits per heavy atom. The number of anilines is 1. The molecule has 178 valence electrons. The summed E-state index contributed by atoms with van der Waals surface area (Å²) in [5.74, 6) is 1.23. The number of hydrogen-bond acceptors (Lipinski definition) is 8. The summed E-state index contributed by atoms with van der Waals surface area (Å²) in [4.78, 5) is 23.8. The molecule has 0 radical (unpaired) electrons. The lowest BCUT2D eigenvalue weighted by molar-refractivity contribution is -0.140. The Hall–Kier alpha value is -2.31. The Morgan fingerprint density at radius 1 is 1.15 bits per heavy atom. The van der Waals surface area contributed by atoms with Crippen LogP contribution in [-0.2, 0) is 17.8 Å². The van der Waals surface area contributed by atoms with Crippen molar-refractivity contribution in [3.8, 4) is 0 Å². The van der Waals surface area contributed by atoms with Crippen molar-refractivity contribution in [3.05, 3.63) is 28.2 Å². The smallest absolute Gasteiger partial charge is 0.378 e. The summed E-state index contributed by atoms with van der Waals surface area (Å²) in [7, 11) is 0. The van der Waals surface area contributed by atoms with Gasteiger partial charge in [0.1, 0.15) is 17.4 Å². The van der Waals surface area contributed by atoms with Crippen molar-refractivity contribution in [2.45, 2.75) is 44.9 Å². The Kier molecular flexibility index (Phi) is 6.23. The highest BCUT2D eigenvalue weighted by atomic mass is 32.1. The first-order valence-corrected chi connectivity index (χ1v) is 11.9. The fourth-order valence-corrected chi connectivity index (χ4v) is 5.34. The molecule has 2 aliphatic heterocycles. The molecule has 8 nitrogen and oxygen atoms in total. The maximum absolute atomic E-state index is 13.2. The summed E-state index contributed by atoms with van der Waals surface area (Å²) in [6.07, 6.45) is 0.624. The third kappa shape index (κ3) is 5.12. The molecule has 0 spiro atoms. The second kappa shape index (κ2) is 9.15. The Bertz CT molecular complexity index is 1110. The first kappa shape index (κ1) is 22.5. The van der Waals surface area contributed by atoms with Gasteiger partial charge in [0.05, 0.1) is 26.1 Å². The van der Waals surface area contributed by atoms with Crippen molar-refractivity contribution < 1.29 is 17.9 Å². The van der Waals surface area contributed by atoms with Crippen LogP contribution in [0, 0.1) is 6.92 Å². The normalized spacial score (nSPS) is 20.6. The molecule has 0 bridgehead atoms. The number of imidazole rings is 1. The molecule has 1 atom stereocenters. The Labute approximate surface area is 193 Å². The van der Waals surface area contributed by atoms with Crippen LogP contribution in [0.2, 0.25) is 0 Å². The van der Waals surface area contributed by atoms with Crippen molar-refractivity contribution >= 4 is 28.3 Å². The first-order chi connectivity index (χ1) is 15.9. The highest BCUT2D eigenvalue weighted by Crippen LogP contribution is 2.32. The molecular formula is C21H26F3N7OS. The standard InChI is InChI=1S/C21H26F3N7OS/c1-14-9-25-16(33-14)11-29-4-2-3-15(10-29)18-27-19(30-5-7-32-8-6-30)17-20(28-18)31(13-26-17)12-21(22,23)24/h9,13,15H,2-8,10-12H2,1H3. The van der Waals surface area contributed by atoms with E-state index in [0.717, 1.165) is 42.1 Å². The van der Waals surface area contributed by atoms with Crippen LogP contribution in [0.15, 0.2) is 12.5 Å². The van der Waals surface area contributed by atoms with E-state index in [9.17, 15) is 13.2 Å². The van der Waals surface area contributed by atoms with E-state index in [2.05, 4.69) is 19.9 Å². The molecule has 0 aliphatic carbocycles. The van der Waals surface area contributed by atoms with Gasteiger partial charge in [-0.2, -0.15) is 13.2 Å². The number of fused-ring (bicyclic) bond motifs is 1. The molecule has 2 saturated heterocycles. The van der Waals surface area contributed by atoms with E-state index < -0.39 is 12.7 Å². The van der Waals surface area contributed by atoms with Crippen LogP contribution in [0.5, 0.6) is 0 Å². The fourth-order valence-electron chi connectivity index (χ4n) is 4.51. The quantitative estimate of drug-likeness (QED) is 0.553. The van der Waals surface area contributed by atoms with Gasteiger partial charge in [0.2, 0.25) is 0 Å². The molecule has 33 heavy (non-hydrogen) atoms. The highest BCUT2D eigenvalue weighted by molar-refractivity contribution is 7.11. The predicted molar refractivity (Wildman–Crippen MR) is 119 cm³/mol. The molecule has 3 aromatic heterocycles. The minimum absolute atomic E-state index is 0.0400. The van der Waals surface area contributed by atoms with Crippen LogP contribution < -0.4 is 4.90 Å². The van der Waals surface area contributed by atoms with Crippen molar-refractivity contribution in [2.24, 2.45) is 0 Å². The zero-order valence-electron chi connectivity index (χ0n) is 18.4. The van der Waals surface area contributed by atoms with Crippen molar-refractivity contribution in [1.82, 2.24) is 29.4 Å². The van der Waals surface area contributed by atoms with Crippen LogP contribution >= 0.6 is 11.3 Å². The number of rotatable bonds is 5. The number of ether oxygens (including phenoxy) is 1. The van der Waals surface area contributed by atoms with Crippen LogP contribution in [-0.4, -0.2) is 75.0 Å². The molecule has 0 saturated carbocycles. The fraction of sp³-hybridized carbons (Fsp3) is 0.619. The van der Waals surface area contributed by atoms with Gasteiger partial charge in [-0.1, -0.05) is 0 Å². The molecule has 0 aromatic carbocycles. The number of halogens is 3. The van der Waals surface area contributed by atoms with Gasteiger partial charge in [-0.25, -0.2) is 19.9 Å². The third-order valence-electron chi connectivity index (χ3n) is 6.02. The lowest BCUT2D eigenvalue weighted by atomic mass is 9.97. The second-order valence-electron chi connectivity index (χ2n) is 8.60. The van der Waals surface area contributed by atoms with E-state index in [1.54, 1.807) is 11.3 Å². The molecule has 0 amide bonds.